The number of thiocarbonyl (C=S) groups is 2. The van der Waals surface area contributed by atoms with Crippen LogP contribution < -0.4 is 21.7 Å². The van der Waals surface area contributed by atoms with Gasteiger partial charge in [-0.3, -0.25) is 0 Å². The van der Waals surface area contributed by atoms with E-state index in [1.165, 1.54) is 179 Å². The predicted octanol–water partition coefficient (Wildman–Crippen LogP) is 20.3. The number of nitrogens with one attached hydrogen (secondary N) is 3. The van der Waals surface area contributed by atoms with Gasteiger partial charge in [-0.25, -0.2) is 4.98 Å². The molecule has 0 unspecified atom stereocenters. The average molecular weight is 1210 g/mol. The van der Waals surface area contributed by atoms with Crippen LogP contribution in [0.1, 0.15) is 146 Å². The van der Waals surface area contributed by atoms with Crippen molar-refractivity contribution in [1.29, 1.82) is 0 Å². The van der Waals surface area contributed by atoms with Gasteiger partial charge in [0, 0.05) is 43.8 Å². The number of benzene rings is 6. The number of nitrogens with two attached hydrogens (primary N) is 1. The Morgan fingerprint density at radius 3 is 1.49 bits per heavy atom. The van der Waals surface area contributed by atoms with Crippen molar-refractivity contribution >= 4 is 105 Å². The first-order chi connectivity index (χ1) is 37.0. The number of fused-ring (bicyclic) bond motifs is 1. The van der Waals surface area contributed by atoms with E-state index in [1.807, 2.05) is 12.1 Å². The molecule has 10 rings (SSSR count). The molecule has 0 saturated heterocycles. The number of aryl methyl sites for hydroxylation is 9. The number of aromatic nitrogens is 1. The number of rotatable bonds is 8. The minimum absolute atomic E-state index is 0.498. The number of anilines is 2. The number of para-hydroxylation sites is 3. The SMILES string of the molecule is Cc1cc(C)c(-c2cccc(Br)c2N=C=S)c(C)c1.Cc1cc(C)c(-c2cccc(Br)c2NC(=S)NC2CCCCC2)c(C)c1.Cc1cc(C)c(-c2cccc3sc(NC4CCCCC4)nc23)c(C)c1.NC1CCCCC1. The van der Waals surface area contributed by atoms with Crippen molar-refractivity contribution in [3.63, 3.8) is 0 Å². The number of halogens is 2. The maximum atomic E-state index is 5.63. The Hall–Kier alpha value is -4.58. The minimum Gasteiger partial charge on any atom is -0.360 e. The largest absolute Gasteiger partial charge is 0.360 e. The van der Waals surface area contributed by atoms with Gasteiger partial charge in [-0.05, 0) is 225 Å². The number of nitrogens with zero attached hydrogens (tertiary/aromatic N) is 2. The summed E-state index contributed by atoms with van der Waals surface area (Å²) in [5.74, 6) is 0. The number of isothiocyanates is 1. The van der Waals surface area contributed by atoms with Crippen LogP contribution >= 0.6 is 67.6 Å². The van der Waals surface area contributed by atoms with Gasteiger partial charge in [0.05, 0.1) is 26.8 Å². The molecule has 3 aliphatic carbocycles. The summed E-state index contributed by atoms with van der Waals surface area (Å²) in [4.78, 5) is 9.20. The molecule has 1 heterocycles. The molecule has 11 heteroatoms. The van der Waals surface area contributed by atoms with Crippen LogP contribution in [-0.2, 0) is 0 Å². The number of thiazole rings is 1. The van der Waals surface area contributed by atoms with E-state index >= 15 is 0 Å². The molecule has 3 fully saturated rings. The van der Waals surface area contributed by atoms with E-state index in [1.54, 1.807) is 11.3 Å². The fourth-order valence-corrected chi connectivity index (χ4v) is 14.2. The van der Waals surface area contributed by atoms with Gasteiger partial charge in [-0.1, -0.05) is 159 Å². The standard InChI is InChI=1S/C22H27BrN2S.C22H26N2S.C16H14BrNS.C6H13N/c1-14-12-15(2)20(16(3)13-14)18-10-7-11-19(23)21(18)25-22(26)24-17-8-5-4-6-9-17;1-14-12-15(2)20(16(3)13-14)18-10-7-11-19-21(18)24-22(25-19)23-17-8-5-4-6-9-17;1-10-7-11(2)15(12(3)8-10)13-5-4-6-14(17)16(13)18-9-19;7-6-4-2-1-3-5-6/h7,10-13,17H,4-6,8-9H2,1-3H3,(H2,24,25,26);7,10-13,17H,4-6,8-9H2,1-3H3,(H,23,24);4-8H,1-3H3;6H,1-5,7H2. The smallest absolute Gasteiger partial charge is 0.184 e. The molecule has 3 saturated carbocycles. The Balaban J connectivity index is 0.000000159. The van der Waals surface area contributed by atoms with Crippen LogP contribution in [0.15, 0.2) is 105 Å². The van der Waals surface area contributed by atoms with E-state index < -0.39 is 0 Å². The highest BCUT2D eigenvalue weighted by Crippen LogP contribution is 2.42. The van der Waals surface area contributed by atoms with Crippen molar-refractivity contribution in [2.45, 2.75) is 177 Å². The topological polar surface area (TPSA) is 87.4 Å². The van der Waals surface area contributed by atoms with E-state index in [-0.39, 0.29) is 0 Å². The minimum atomic E-state index is 0.498. The van der Waals surface area contributed by atoms with Crippen molar-refractivity contribution in [1.82, 2.24) is 10.3 Å². The summed E-state index contributed by atoms with van der Waals surface area (Å²) < 4.78 is 3.24. The van der Waals surface area contributed by atoms with Crippen LogP contribution in [0.3, 0.4) is 0 Å². The van der Waals surface area contributed by atoms with E-state index in [4.69, 9.17) is 35.2 Å². The Morgan fingerprint density at radius 1 is 0.571 bits per heavy atom. The lowest BCUT2D eigenvalue weighted by atomic mass is 9.93. The Kier molecular flexibility index (Phi) is 22.7. The molecule has 7 aromatic rings. The molecule has 0 radical (unpaired) electrons. The molecule has 5 N–H and O–H groups in total. The molecule has 77 heavy (non-hydrogen) atoms. The Morgan fingerprint density at radius 2 is 1.00 bits per heavy atom. The van der Waals surface area contributed by atoms with Crippen LogP contribution in [0.5, 0.6) is 0 Å². The summed E-state index contributed by atoms with van der Waals surface area (Å²) in [6.45, 7) is 19.5. The van der Waals surface area contributed by atoms with Crippen LogP contribution in [-0.4, -0.2) is 33.4 Å². The molecule has 0 spiro atoms. The van der Waals surface area contributed by atoms with Crippen LogP contribution in [0.25, 0.3) is 43.6 Å². The van der Waals surface area contributed by atoms with Crippen molar-refractivity contribution in [2.75, 3.05) is 10.6 Å². The number of aliphatic imine (C=N–C) groups is 1. The van der Waals surface area contributed by atoms with Gasteiger partial charge in [-0.2, -0.15) is 4.99 Å². The summed E-state index contributed by atoms with van der Waals surface area (Å²) >= 11 is 19.4. The molecular formula is C66H80Br2N6S3. The predicted molar refractivity (Wildman–Crippen MR) is 349 cm³/mol. The first-order valence-electron chi connectivity index (χ1n) is 27.9. The summed E-state index contributed by atoms with van der Waals surface area (Å²) in [6, 6.07) is 34.0. The van der Waals surface area contributed by atoms with Gasteiger partial charge in [0.2, 0.25) is 0 Å². The fraction of sp³-hybridized carbons (Fsp3) is 0.409. The van der Waals surface area contributed by atoms with E-state index in [9.17, 15) is 0 Å². The van der Waals surface area contributed by atoms with E-state index in [0.717, 1.165) is 36.5 Å². The lowest BCUT2D eigenvalue weighted by Gasteiger charge is -2.25. The monoisotopic (exact) mass is 1210 g/mol. The third-order valence-corrected chi connectivity index (χ3v) is 17.7. The van der Waals surface area contributed by atoms with E-state index in [2.05, 4.69) is 199 Å². The molecule has 6 nitrogen and oxygen atoms in total. The molecule has 0 amide bonds. The number of hydrogen-bond donors (Lipinski definition) is 4. The maximum absolute atomic E-state index is 5.63. The first kappa shape index (κ1) is 60.1. The third-order valence-electron chi connectivity index (χ3n) is 15.2. The second kappa shape index (κ2) is 29.0. The zero-order chi connectivity index (χ0) is 55.2. The van der Waals surface area contributed by atoms with Crippen molar-refractivity contribution < 1.29 is 0 Å². The normalized spacial score (nSPS) is 14.9. The van der Waals surface area contributed by atoms with Crippen molar-refractivity contribution in [3.8, 4) is 33.4 Å². The quantitative estimate of drug-likeness (QED) is 0.0891. The zero-order valence-electron chi connectivity index (χ0n) is 47.0. The average Bonchev–Trinajstić information content (AvgIpc) is 3.80. The summed E-state index contributed by atoms with van der Waals surface area (Å²) in [6.07, 6.45) is 19.6. The molecular weight excluding hydrogens is 1130 g/mol. The van der Waals surface area contributed by atoms with Gasteiger partial charge in [0.15, 0.2) is 10.2 Å². The molecule has 0 atom stereocenters. The molecule has 406 valence electrons. The lowest BCUT2D eigenvalue weighted by Crippen LogP contribution is -2.39. The van der Waals surface area contributed by atoms with Gasteiger partial charge < -0.3 is 21.7 Å². The van der Waals surface area contributed by atoms with Gasteiger partial charge in [0.1, 0.15) is 0 Å². The van der Waals surface area contributed by atoms with Gasteiger partial charge >= 0.3 is 0 Å². The Bertz CT molecular complexity index is 3120. The second-order valence-electron chi connectivity index (χ2n) is 21.8. The zero-order valence-corrected chi connectivity index (χ0v) is 52.6. The molecule has 3 aliphatic rings. The Labute approximate surface area is 492 Å². The van der Waals surface area contributed by atoms with Crippen molar-refractivity contribution in [2.24, 2.45) is 10.7 Å². The summed E-state index contributed by atoms with van der Waals surface area (Å²) in [7, 11) is 0. The molecule has 6 aromatic carbocycles. The van der Waals surface area contributed by atoms with Crippen LogP contribution in [0, 0.1) is 62.3 Å². The highest BCUT2D eigenvalue weighted by molar-refractivity contribution is 9.11. The van der Waals surface area contributed by atoms with Crippen LogP contribution in [0.2, 0.25) is 0 Å². The highest BCUT2D eigenvalue weighted by atomic mass is 79.9. The third kappa shape index (κ3) is 16.5. The second-order valence-corrected chi connectivity index (χ2v) is 25.1. The fourth-order valence-electron chi connectivity index (χ4n) is 11.9. The highest BCUT2D eigenvalue weighted by Gasteiger charge is 2.20. The van der Waals surface area contributed by atoms with Crippen molar-refractivity contribution in [3.05, 3.63) is 150 Å². The van der Waals surface area contributed by atoms with E-state index in [0.29, 0.717) is 23.2 Å². The maximum Gasteiger partial charge on any atom is 0.184 e. The van der Waals surface area contributed by atoms with Gasteiger partial charge in [-0.15, -0.1) is 0 Å². The molecule has 0 bridgehead atoms. The number of hydrogen-bond acceptors (Lipinski definition) is 7. The summed E-state index contributed by atoms with van der Waals surface area (Å²) in [5, 5.41) is 14.9. The van der Waals surface area contributed by atoms with Gasteiger partial charge in [0.25, 0.3) is 0 Å². The first-order valence-corrected chi connectivity index (χ1v) is 31.1. The van der Waals surface area contributed by atoms with Crippen LogP contribution in [0.4, 0.5) is 16.5 Å². The lowest BCUT2D eigenvalue weighted by molar-refractivity contribution is 0.415. The molecule has 0 aliphatic heterocycles. The summed E-state index contributed by atoms with van der Waals surface area (Å²) in [5.41, 5.74) is 27.6. The molecule has 1 aromatic heterocycles.